The summed E-state index contributed by atoms with van der Waals surface area (Å²) in [4.78, 5) is 2.23. The first kappa shape index (κ1) is 11.7. The number of rotatable bonds is 5. The maximum atomic E-state index is 3.38. The van der Waals surface area contributed by atoms with E-state index in [9.17, 15) is 0 Å². The van der Waals surface area contributed by atoms with Crippen molar-refractivity contribution in [3.05, 3.63) is 12.2 Å². The third-order valence-corrected chi connectivity index (χ3v) is 2.27. The molecule has 0 spiro atoms. The molecule has 0 aliphatic heterocycles. The van der Waals surface area contributed by atoms with Crippen LogP contribution < -0.4 is 5.32 Å². The molecule has 0 aromatic rings. The summed E-state index contributed by atoms with van der Waals surface area (Å²) in [6.45, 7) is 8.49. The zero-order valence-electron chi connectivity index (χ0n) is 9.02. The second-order valence-electron chi connectivity index (χ2n) is 3.91. The fourth-order valence-corrected chi connectivity index (χ4v) is 0.737. The van der Waals surface area contributed by atoms with Gasteiger partial charge in [-0.05, 0) is 34.9 Å². The van der Waals surface area contributed by atoms with Crippen molar-refractivity contribution in [1.29, 1.82) is 0 Å². The number of nitrogens with zero attached hydrogens (tertiary/aromatic N) is 1. The largest absolute Gasteiger partial charge is 0.311 e. The summed E-state index contributed by atoms with van der Waals surface area (Å²) >= 11 is 0. The zero-order chi connectivity index (χ0) is 9.61. The highest BCUT2D eigenvalue weighted by molar-refractivity contribution is 4.84. The Morgan fingerprint density at radius 2 is 1.92 bits per heavy atom. The monoisotopic (exact) mass is 170 g/mol. The molecule has 2 heteroatoms. The minimum absolute atomic E-state index is 0.238. The van der Waals surface area contributed by atoms with Gasteiger partial charge in [0.1, 0.15) is 0 Å². The van der Waals surface area contributed by atoms with Crippen molar-refractivity contribution in [1.82, 2.24) is 10.2 Å². The molecule has 12 heavy (non-hydrogen) atoms. The van der Waals surface area contributed by atoms with Crippen molar-refractivity contribution in [2.75, 3.05) is 27.2 Å². The molecule has 0 aliphatic rings. The molecule has 72 valence electrons. The molecule has 0 amide bonds. The molecule has 0 unspecified atom stereocenters. The van der Waals surface area contributed by atoms with Gasteiger partial charge in [0.25, 0.3) is 0 Å². The zero-order valence-corrected chi connectivity index (χ0v) is 9.02. The van der Waals surface area contributed by atoms with Crippen molar-refractivity contribution in [2.24, 2.45) is 0 Å². The van der Waals surface area contributed by atoms with Gasteiger partial charge in [-0.2, -0.15) is 0 Å². The molecule has 0 saturated heterocycles. The number of hydrogen-bond donors (Lipinski definition) is 1. The molecule has 0 rings (SSSR count). The molecule has 2 nitrogen and oxygen atoms in total. The first-order valence-electron chi connectivity index (χ1n) is 4.50. The second-order valence-corrected chi connectivity index (χ2v) is 3.91. The van der Waals surface area contributed by atoms with Crippen LogP contribution in [0.25, 0.3) is 0 Å². The second kappa shape index (κ2) is 5.33. The van der Waals surface area contributed by atoms with E-state index in [4.69, 9.17) is 0 Å². The Morgan fingerprint density at radius 3 is 2.33 bits per heavy atom. The van der Waals surface area contributed by atoms with Crippen LogP contribution in [-0.2, 0) is 0 Å². The van der Waals surface area contributed by atoms with Gasteiger partial charge in [-0.15, -0.1) is 0 Å². The van der Waals surface area contributed by atoms with Gasteiger partial charge in [-0.1, -0.05) is 12.2 Å². The molecule has 0 saturated carbocycles. The summed E-state index contributed by atoms with van der Waals surface area (Å²) in [7, 11) is 4.22. The molecule has 0 aliphatic carbocycles. The quantitative estimate of drug-likeness (QED) is 0.497. The van der Waals surface area contributed by atoms with Crippen molar-refractivity contribution in [3.8, 4) is 0 Å². The number of nitrogens with one attached hydrogen (secondary N) is 1. The van der Waals surface area contributed by atoms with Crippen LogP contribution in [0.5, 0.6) is 0 Å². The van der Waals surface area contributed by atoms with Gasteiger partial charge in [0.2, 0.25) is 0 Å². The van der Waals surface area contributed by atoms with Crippen LogP contribution in [0.3, 0.4) is 0 Å². The van der Waals surface area contributed by atoms with Crippen LogP contribution in [0.15, 0.2) is 12.2 Å². The summed E-state index contributed by atoms with van der Waals surface area (Å²) in [5.74, 6) is 0. The number of hydrogen-bond acceptors (Lipinski definition) is 2. The van der Waals surface area contributed by atoms with Crippen molar-refractivity contribution in [3.63, 3.8) is 0 Å². The maximum absolute atomic E-state index is 3.38. The minimum Gasteiger partial charge on any atom is -0.311 e. The van der Waals surface area contributed by atoms with Crippen molar-refractivity contribution in [2.45, 2.75) is 26.3 Å². The van der Waals surface area contributed by atoms with Gasteiger partial charge in [0, 0.05) is 18.6 Å². The Bertz CT molecular complexity index is 137. The van der Waals surface area contributed by atoms with Crippen LogP contribution in [0.2, 0.25) is 0 Å². The van der Waals surface area contributed by atoms with Gasteiger partial charge < -0.3 is 10.2 Å². The summed E-state index contributed by atoms with van der Waals surface area (Å²) in [6.07, 6.45) is 4.20. The van der Waals surface area contributed by atoms with Crippen LogP contribution in [0.1, 0.15) is 20.8 Å². The fourth-order valence-electron chi connectivity index (χ4n) is 0.737. The lowest BCUT2D eigenvalue weighted by atomic mass is 10.0. The van der Waals surface area contributed by atoms with Gasteiger partial charge in [-0.3, -0.25) is 0 Å². The van der Waals surface area contributed by atoms with E-state index in [0.717, 1.165) is 13.1 Å². The fraction of sp³-hybridized carbons (Fsp3) is 0.800. The van der Waals surface area contributed by atoms with Crippen LogP contribution in [-0.4, -0.2) is 37.6 Å². The molecule has 0 heterocycles. The van der Waals surface area contributed by atoms with E-state index in [-0.39, 0.29) is 5.54 Å². The minimum atomic E-state index is 0.238. The predicted octanol–water partition coefficient (Wildman–Crippen LogP) is 1.49. The molecule has 1 N–H and O–H groups in total. The normalized spacial score (nSPS) is 13.2. The van der Waals surface area contributed by atoms with Crippen LogP contribution in [0, 0.1) is 0 Å². The number of likely N-dealkylation sites (N-methyl/N-ethyl adjacent to an activating group) is 1. The summed E-state index contributed by atoms with van der Waals surface area (Å²) in [5, 5.41) is 3.38. The summed E-state index contributed by atoms with van der Waals surface area (Å²) in [5.41, 5.74) is 0.238. The molecular formula is C10H22N2. The molecule has 0 radical (unpaired) electrons. The van der Waals surface area contributed by atoms with E-state index in [2.05, 4.69) is 50.3 Å². The third-order valence-electron chi connectivity index (χ3n) is 2.27. The van der Waals surface area contributed by atoms with E-state index < -0.39 is 0 Å². The van der Waals surface area contributed by atoms with E-state index in [1.165, 1.54) is 0 Å². The van der Waals surface area contributed by atoms with Crippen molar-refractivity contribution < 1.29 is 0 Å². The van der Waals surface area contributed by atoms with E-state index in [0.29, 0.717) is 0 Å². The van der Waals surface area contributed by atoms with Gasteiger partial charge >= 0.3 is 0 Å². The Labute approximate surface area is 76.6 Å². The van der Waals surface area contributed by atoms with E-state index in [1.54, 1.807) is 0 Å². The summed E-state index contributed by atoms with van der Waals surface area (Å²) < 4.78 is 0. The highest BCUT2D eigenvalue weighted by Crippen LogP contribution is 2.07. The molecule has 0 bridgehead atoms. The molecule has 0 fully saturated rings. The highest BCUT2D eigenvalue weighted by Gasteiger charge is 2.18. The lowest BCUT2D eigenvalue weighted by Crippen LogP contribution is -2.46. The average molecular weight is 170 g/mol. The maximum Gasteiger partial charge on any atom is 0.0271 e. The van der Waals surface area contributed by atoms with Crippen LogP contribution >= 0.6 is 0 Å². The smallest absolute Gasteiger partial charge is 0.0271 e. The Morgan fingerprint density at radius 1 is 1.33 bits per heavy atom. The standard InChI is InChI=1S/C10H22N2/c1-6-7-8-11-9-10(2,3)12(4)5/h6-7,11H,8-9H2,1-5H3/b7-6+. The highest BCUT2D eigenvalue weighted by atomic mass is 15.2. The lowest BCUT2D eigenvalue weighted by molar-refractivity contribution is 0.192. The van der Waals surface area contributed by atoms with Gasteiger partial charge in [0.15, 0.2) is 0 Å². The van der Waals surface area contributed by atoms with E-state index in [1.807, 2.05) is 6.92 Å². The van der Waals surface area contributed by atoms with Crippen molar-refractivity contribution >= 4 is 0 Å². The Hall–Kier alpha value is -0.340. The lowest BCUT2D eigenvalue weighted by Gasteiger charge is -2.32. The first-order valence-corrected chi connectivity index (χ1v) is 4.50. The van der Waals surface area contributed by atoms with Crippen LogP contribution in [0.4, 0.5) is 0 Å². The SMILES string of the molecule is C/C=C/CNCC(C)(C)N(C)C. The molecule has 0 atom stereocenters. The first-order chi connectivity index (χ1) is 5.50. The van der Waals surface area contributed by atoms with Gasteiger partial charge in [-0.25, -0.2) is 0 Å². The Balaban J connectivity index is 3.61. The molecule has 0 aromatic carbocycles. The predicted molar refractivity (Wildman–Crippen MR) is 55.4 cm³/mol. The number of allylic oxidation sites excluding steroid dienone is 1. The van der Waals surface area contributed by atoms with E-state index >= 15 is 0 Å². The average Bonchev–Trinajstić information content (AvgIpc) is 1.98. The molecule has 0 aromatic heterocycles. The molecular weight excluding hydrogens is 148 g/mol. The Kier molecular flexibility index (Phi) is 5.18. The van der Waals surface area contributed by atoms with Gasteiger partial charge in [0.05, 0.1) is 0 Å². The summed E-state index contributed by atoms with van der Waals surface area (Å²) in [6, 6.07) is 0. The topological polar surface area (TPSA) is 15.3 Å². The third kappa shape index (κ3) is 4.52.